The van der Waals surface area contributed by atoms with Gasteiger partial charge in [-0.05, 0) is 24.0 Å². The molecular weight excluding hydrogens is 440 g/mol. The Labute approximate surface area is 172 Å². The second-order valence-electron chi connectivity index (χ2n) is 7.22. The van der Waals surface area contributed by atoms with Gasteiger partial charge in [0.15, 0.2) is 0 Å². The molecule has 0 radical (unpaired) electrons. The highest BCUT2D eigenvalue weighted by atomic mass is 79.9. The van der Waals surface area contributed by atoms with Crippen molar-refractivity contribution >= 4 is 31.9 Å². The molecule has 0 aliphatic heterocycles. The molecule has 0 aliphatic carbocycles. The summed E-state index contributed by atoms with van der Waals surface area (Å²) in [4.78, 5) is 0. The van der Waals surface area contributed by atoms with Crippen LogP contribution in [0.1, 0.15) is 89.2 Å². The summed E-state index contributed by atoms with van der Waals surface area (Å²) >= 11 is 7.06. The van der Waals surface area contributed by atoms with Crippen LogP contribution in [0.4, 0.5) is 0 Å². The lowest BCUT2D eigenvalue weighted by Crippen LogP contribution is -2.00. The SMILES string of the molecule is CCCC(C)CCCCCCCCCOc1cc(CBr)ccc1CBr. The molecule has 0 bridgehead atoms. The van der Waals surface area contributed by atoms with Crippen molar-refractivity contribution in [3.05, 3.63) is 29.3 Å². The van der Waals surface area contributed by atoms with Crippen LogP contribution in [0.3, 0.4) is 0 Å². The fourth-order valence-electron chi connectivity index (χ4n) is 3.22. The molecule has 25 heavy (non-hydrogen) atoms. The van der Waals surface area contributed by atoms with E-state index in [4.69, 9.17) is 4.74 Å². The van der Waals surface area contributed by atoms with E-state index >= 15 is 0 Å². The van der Waals surface area contributed by atoms with Gasteiger partial charge in [0.25, 0.3) is 0 Å². The molecule has 3 heteroatoms. The summed E-state index contributed by atoms with van der Waals surface area (Å²) in [6, 6.07) is 6.47. The minimum absolute atomic E-state index is 0.834. The molecule has 1 nitrogen and oxygen atoms in total. The van der Waals surface area contributed by atoms with Crippen LogP contribution in [-0.4, -0.2) is 6.61 Å². The predicted octanol–water partition coefficient (Wildman–Crippen LogP) is 8.41. The quantitative estimate of drug-likeness (QED) is 0.182. The Kier molecular flexibility index (Phi) is 13.9. The number of alkyl halides is 2. The average Bonchev–Trinajstić information content (AvgIpc) is 2.63. The van der Waals surface area contributed by atoms with Crippen LogP contribution >= 0.6 is 31.9 Å². The van der Waals surface area contributed by atoms with Crippen molar-refractivity contribution in [2.24, 2.45) is 5.92 Å². The van der Waals surface area contributed by atoms with Gasteiger partial charge in [-0.25, -0.2) is 0 Å². The third kappa shape index (κ3) is 10.7. The van der Waals surface area contributed by atoms with E-state index in [1.165, 1.54) is 68.9 Å². The highest BCUT2D eigenvalue weighted by molar-refractivity contribution is 9.08. The monoisotopic (exact) mass is 474 g/mol. The van der Waals surface area contributed by atoms with Gasteiger partial charge in [0.2, 0.25) is 0 Å². The summed E-state index contributed by atoms with van der Waals surface area (Å²) in [5.74, 6) is 1.96. The standard InChI is InChI=1S/C22H36Br2O/c1-3-11-19(2)12-9-7-5-4-6-8-10-15-25-22-16-20(17-23)13-14-21(22)18-24/h13-14,16,19H,3-12,15,17-18H2,1-2H3. The van der Waals surface area contributed by atoms with Gasteiger partial charge >= 0.3 is 0 Å². The molecule has 0 fully saturated rings. The number of hydrogen-bond donors (Lipinski definition) is 0. The molecule has 0 spiro atoms. The number of benzene rings is 1. The maximum atomic E-state index is 6.01. The van der Waals surface area contributed by atoms with Crippen LogP contribution in [0.25, 0.3) is 0 Å². The Bertz CT molecular complexity index is 448. The van der Waals surface area contributed by atoms with Gasteiger partial charge in [-0.2, -0.15) is 0 Å². The fourth-order valence-corrected chi connectivity index (χ4v) is 4.04. The summed E-state index contributed by atoms with van der Waals surface area (Å²) in [6.45, 7) is 5.53. The summed E-state index contributed by atoms with van der Waals surface area (Å²) in [7, 11) is 0. The molecule has 0 N–H and O–H groups in total. The van der Waals surface area contributed by atoms with E-state index in [9.17, 15) is 0 Å². The highest BCUT2D eigenvalue weighted by Crippen LogP contribution is 2.24. The summed E-state index contributed by atoms with van der Waals surface area (Å²) in [5.41, 5.74) is 2.51. The van der Waals surface area contributed by atoms with Gasteiger partial charge in [0.1, 0.15) is 5.75 Å². The number of hydrogen-bond acceptors (Lipinski definition) is 1. The zero-order valence-electron chi connectivity index (χ0n) is 16.2. The maximum absolute atomic E-state index is 6.01. The highest BCUT2D eigenvalue weighted by Gasteiger charge is 2.04. The van der Waals surface area contributed by atoms with Crippen molar-refractivity contribution in [1.29, 1.82) is 0 Å². The number of halogens is 2. The van der Waals surface area contributed by atoms with Crippen molar-refractivity contribution in [1.82, 2.24) is 0 Å². The second-order valence-corrected chi connectivity index (χ2v) is 8.34. The topological polar surface area (TPSA) is 9.23 Å². The van der Waals surface area contributed by atoms with E-state index in [0.717, 1.165) is 35.4 Å². The first kappa shape index (κ1) is 23.0. The maximum Gasteiger partial charge on any atom is 0.123 e. The van der Waals surface area contributed by atoms with Gasteiger partial charge in [-0.15, -0.1) is 0 Å². The molecule has 1 rings (SSSR count). The molecule has 144 valence electrons. The summed E-state index contributed by atoms with van der Waals surface area (Å²) in [5, 5.41) is 1.73. The lowest BCUT2D eigenvalue weighted by atomic mass is 9.98. The van der Waals surface area contributed by atoms with Crippen LogP contribution in [0, 0.1) is 5.92 Å². The number of ether oxygens (including phenoxy) is 1. The Hall–Kier alpha value is -0.0200. The van der Waals surface area contributed by atoms with E-state index in [-0.39, 0.29) is 0 Å². The van der Waals surface area contributed by atoms with Crippen LogP contribution in [0.5, 0.6) is 5.75 Å². The van der Waals surface area contributed by atoms with Gasteiger partial charge in [0.05, 0.1) is 6.61 Å². The van der Waals surface area contributed by atoms with E-state index in [1.54, 1.807) is 0 Å². The molecular formula is C22H36Br2O. The molecule has 0 aromatic heterocycles. The summed E-state index contributed by atoms with van der Waals surface area (Å²) in [6.07, 6.45) is 13.6. The minimum Gasteiger partial charge on any atom is -0.493 e. The van der Waals surface area contributed by atoms with E-state index < -0.39 is 0 Å². The average molecular weight is 476 g/mol. The Balaban J connectivity index is 2.04. The van der Waals surface area contributed by atoms with Crippen LogP contribution < -0.4 is 4.74 Å². The molecule has 0 heterocycles. The zero-order valence-corrected chi connectivity index (χ0v) is 19.3. The number of rotatable bonds is 15. The third-order valence-corrected chi connectivity index (χ3v) is 6.06. The third-order valence-electron chi connectivity index (χ3n) is 4.81. The summed E-state index contributed by atoms with van der Waals surface area (Å²) < 4.78 is 6.01. The van der Waals surface area contributed by atoms with Crippen molar-refractivity contribution in [2.45, 2.75) is 88.7 Å². The lowest BCUT2D eigenvalue weighted by molar-refractivity contribution is 0.302. The van der Waals surface area contributed by atoms with E-state index in [1.807, 2.05) is 0 Å². The van der Waals surface area contributed by atoms with Gasteiger partial charge in [-0.1, -0.05) is 116 Å². The van der Waals surface area contributed by atoms with E-state index in [2.05, 4.69) is 63.9 Å². The van der Waals surface area contributed by atoms with Crippen molar-refractivity contribution in [3.63, 3.8) is 0 Å². The number of unbranched alkanes of at least 4 members (excludes halogenated alkanes) is 6. The second kappa shape index (κ2) is 15.1. The normalized spacial score (nSPS) is 12.3. The van der Waals surface area contributed by atoms with Crippen molar-refractivity contribution in [3.8, 4) is 5.75 Å². The smallest absolute Gasteiger partial charge is 0.123 e. The predicted molar refractivity (Wildman–Crippen MR) is 118 cm³/mol. The molecule has 1 atom stereocenters. The molecule has 0 saturated carbocycles. The molecule has 1 aromatic carbocycles. The van der Waals surface area contributed by atoms with Gasteiger partial charge in [0, 0.05) is 16.2 Å². The zero-order chi connectivity index (χ0) is 18.3. The molecule has 0 saturated heterocycles. The molecule has 0 aliphatic rings. The lowest BCUT2D eigenvalue weighted by Gasteiger charge is -2.11. The molecule has 1 aromatic rings. The molecule has 0 amide bonds. The van der Waals surface area contributed by atoms with Crippen LogP contribution in [-0.2, 0) is 10.7 Å². The van der Waals surface area contributed by atoms with Crippen LogP contribution in [0.15, 0.2) is 18.2 Å². The Morgan fingerprint density at radius 1 is 0.880 bits per heavy atom. The van der Waals surface area contributed by atoms with Gasteiger partial charge < -0.3 is 4.74 Å². The molecule has 1 unspecified atom stereocenters. The van der Waals surface area contributed by atoms with E-state index in [0.29, 0.717) is 0 Å². The fraction of sp³-hybridized carbons (Fsp3) is 0.727. The van der Waals surface area contributed by atoms with Crippen LogP contribution in [0.2, 0.25) is 0 Å². The minimum atomic E-state index is 0.834. The Morgan fingerprint density at radius 2 is 1.56 bits per heavy atom. The first-order valence-electron chi connectivity index (χ1n) is 10.1. The first-order valence-corrected chi connectivity index (χ1v) is 12.3. The van der Waals surface area contributed by atoms with Crippen molar-refractivity contribution < 1.29 is 4.74 Å². The van der Waals surface area contributed by atoms with Crippen molar-refractivity contribution in [2.75, 3.05) is 6.61 Å². The Morgan fingerprint density at radius 3 is 2.20 bits per heavy atom. The van der Waals surface area contributed by atoms with Gasteiger partial charge in [-0.3, -0.25) is 0 Å². The largest absolute Gasteiger partial charge is 0.493 e. The first-order chi connectivity index (χ1) is 12.2.